The number of primary amides is 2. The van der Waals surface area contributed by atoms with Crippen LogP contribution in [0.4, 0.5) is 4.79 Å². The van der Waals surface area contributed by atoms with E-state index in [1.807, 2.05) is 0 Å². The number of aliphatic carboxylic acids is 1. The Hall–Kier alpha value is -2.36. The van der Waals surface area contributed by atoms with Gasteiger partial charge in [-0.3, -0.25) is 9.59 Å². The molecule has 0 bridgehead atoms. The first-order chi connectivity index (χ1) is 9.76. The van der Waals surface area contributed by atoms with Crippen LogP contribution in [0, 0.1) is 0 Å². The summed E-state index contributed by atoms with van der Waals surface area (Å²) in [5.74, 6) is -2.86. The number of likely N-dealkylation sites (tertiary alicyclic amines) is 1. The maximum absolute atomic E-state index is 12.3. The molecular formula is C11H18N4O6. The summed E-state index contributed by atoms with van der Waals surface area (Å²) in [6.45, 7) is -1.01. The number of hydrogen-bond donors (Lipinski definition) is 3. The number of carbonyl (C=O) groups excluding carboxylic acids is 3. The van der Waals surface area contributed by atoms with Crippen LogP contribution in [0.25, 0.3) is 0 Å². The molecule has 1 aliphatic rings. The van der Waals surface area contributed by atoms with Crippen molar-refractivity contribution in [2.24, 2.45) is 11.5 Å². The maximum atomic E-state index is 12.3. The van der Waals surface area contributed by atoms with Gasteiger partial charge in [0.25, 0.3) is 0 Å². The van der Waals surface area contributed by atoms with Gasteiger partial charge in [-0.2, -0.15) is 0 Å². The van der Waals surface area contributed by atoms with Crippen LogP contribution in [0.2, 0.25) is 0 Å². The number of urea groups is 1. The summed E-state index contributed by atoms with van der Waals surface area (Å²) in [5.41, 5.74) is 10.0. The molecule has 1 aliphatic heterocycles. The molecule has 21 heavy (non-hydrogen) atoms. The fourth-order valence-electron chi connectivity index (χ4n) is 2.16. The van der Waals surface area contributed by atoms with E-state index < -0.39 is 49.1 Å². The van der Waals surface area contributed by atoms with E-state index in [1.165, 1.54) is 7.11 Å². The number of nitrogens with zero attached hydrogens (tertiary/aromatic N) is 2. The molecular weight excluding hydrogens is 284 g/mol. The topological polar surface area (TPSA) is 156 Å². The van der Waals surface area contributed by atoms with Crippen LogP contribution in [0.5, 0.6) is 0 Å². The molecule has 0 aliphatic carbocycles. The first-order valence-corrected chi connectivity index (χ1v) is 6.14. The fourth-order valence-corrected chi connectivity index (χ4v) is 2.16. The second-order valence-corrected chi connectivity index (χ2v) is 4.67. The van der Waals surface area contributed by atoms with Crippen LogP contribution >= 0.6 is 0 Å². The minimum absolute atomic E-state index is 0.0420. The summed E-state index contributed by atoms with van der Waals surface area (Å²) < 4.78 is 5.05. The largest absolute Gasteiger partial charge is 0.480 e. The van der Waals surface area contributed by atoms with Crippen molar-refractivity contribution < 1.29 is 29.0 Å². The molecule has 1 rings (SSSR count). The predicted molar refractivity (Wildman–Crippen MR) is 68.9 cm³/mol. The van der Waals surface area contributed by atoms with E-state index in [-0.39, 0.29) is 13.0 Å². The Balaban J connectivity index is 2.91. The molecule has 0 radical (unpaired) electrons. The Kier molecular flexibility index (Phi) is 5.47. The van der Waals surface area contributed by atoms with Crippen molar-refractivity contribution >= 4 is 23.8 Å². The minimum atomic E-state index is -1.19. The van der Waals surface area contributed by atoms with Crippen LogP contribution < -0.4 is 11.5 Å². The number of nitrogens with two attached hydrogens (primary N) is 2. The van der Waals surface area contributed by atoms with Gasteiger partial charge in [-0.25, -0.2) is 9.59 Å². The molecule has 0 aromatic heterocycles. The quantitative estimate of drug-likeness (QED) is 0.494. The van der Waals surface area contributed by atoms with Gasteiger partial charge in [-0.15, -0.1) is 0 Å². The van der Waals surface area contributed by atoms with Crippen LogP contribution in [-0.4, -0.2) is 77.6 Å². The zero-order valence-electron chi connectivity index (χ0n) is 11.5. The Labute approximate surface area is 120 Å². The summed E-state index contributed by atoms with van der Waals surface area (Å²) in [5, 5.41) is 9.14. The minimum Gasteiger partial charge on any atom is -0.480 e. The van der Waals surface area contributed by atoms with Gasteiger partial charge in [0.1, 0.15) is 19.1 Å². The lowest BCUT2D eigenvalue weighted by Gasteiger charge is -2.28. The molecule has 1 fully saturated rings. The van der Waals surface area contributed by atoms with Crippen molar-refractivity contribution in [1.82, 2.24) is 9.80 Å². The van der Waals surface area contributed by atoms with Crippen LogP contribution in [0.3, 0.4) is 0 Å². The molecule has 2 unspecified atom stereocenters. The van der Waals surface area contributed by atoms with E-state index in [1.54, 1.807) is 0 Å². The highest BCUT2D eigenvalue weighted by atomic mass is 16.5. The Morgan fingerprint density at radius 1 is 1.24 bits per heavy atom. The summed E-state index contributed by atoms with van der Waals surface area (Å²) in [7, 11) is 1.40. The third-order valence-electron chi connectivity index (χ3n) is 3.09. The van der Waals surface area contributed by atoms with Crippen molar-refractivity contribution in [3.63, 3.8) is 0 Å². The molecule has 0 saturated carbocycles. The van der Waals surface area contributed by atoms with E-state index in [0.717, 1.165) is 9.80 Å². The second kappa shape index (κ2) is 6.88. The normalized spacial score (nSPS) is 21.1. The number of amides is 4. The lowest BCUT2D eigenvalue weighted by Crippen LogP contribution is -2.52. The molecule has 0 aromatic carbocycles. The van der Waals surface area contributed by atoms with Crippen LogP contribution in [0.15, 0.2) is 0 Å². The summed E-state index contributed by atoms with van der Waals surface area (Å²) in [6, 6.07) is -1.88. The maximum Gasteiger partial charge on any atom is 0.326 e. The molecule has 1 saturated heterocycles. The van der Waals surface area contributed by atoms with E-state index in [2.05, 4.69) is 0 Å². The van der Waals surface area contributed by atoms with Crippen LogP contribution in [0.1, 0.15) is 6.42 Å². The molecule has 5 N–H and O–H groups in total. The first-order valence-electron chi connectivity index (χ1n) is 6.14. The predicted octanol–water partition coefficient (Wildman–Crippen LogP) is -2.45. The molecule has 1 heterocycles. The fraction of sp³-hybridized carbons (Fsp3) is 0.636. The van der Waals surface area contributed by atoms with Gasteiger partial charge in [0.2, 0.25) is 11.8 Å². The molecule has 0 spiro atoms. The number of carbonyl (C=O) groups is 4. The number of carboxylic acid groups (broad SMARTS) is 1. The Bertz CT molecular complexity index is 438. The third kappa shape index (κ3) is 4.31. The first kappa shape index (κ1) is 16.7. The average Bonchev–Trinajstić information content (AvgIpc) is 2.80. The summed E-state index contributed by atoms with van der Waals surface area (Å²) in [6.07, 6.45) is -0.308. The van der Waals surface area contributed by atoms with Crippen LogP contribution in [-0.2, 0) is 19.1 Å². The molecule has 0 aromatic rings. The van der Waals surface area contributed by atoms with Crippen molar-refractivity contribution in [3.8, 4) is 0 Å². The van der Waals surface area contributed by atoms with Crippen molar-refractivity contribution in [2.45, 2.75) is 18.6 Å². The van der Waals surface area contributed by atoms with E-state index >= 15 is 0 Å². The van der Waals surface area contributed by atoms with Gasteiger partial charge < -0.3 is 31.1 Å². The molecule has 118 valence electrons. The van der Waals surface area contributed by atoms with Gasteiger partial charge >= 0.3 is 12.0 Å². The Morgan fingerprint density at radius 3 is 2.14 bits per heavy atom. The second-order valence-electron chi connectivity index (χ2n) is 4.67. The van der Waals surface area contributed by atoms with Gasteiger partial charge in [0.15, 0.2) is 0 Å². The smallest absolute Gasteiger partial charge is 0.326 e. The highest BCUT2D eigenvalue weighted by molar-refractivity contribution is 5.89. The van der Waals surface area contributed by atoms with Gasteiger partial charge in [-0.05, 0) is 0 Å². The lowest BCUT2D eigenvalue weighted by atomic mass is 10.2. The van der Waals surface area contributed by atoms with E-state index in [9.17, 15) is 19.2 Å². The van der Waals surface area contributed by atoms with Crippen molar-refractivity contribution in [1.29, 1.82) is 0 Å². The average molecular weight is 302 g/mol. The SMILES string of the molecule is COC1CC(C(=O)O)N(C(=O)N(CC(N)=O)CC(N)=O)C1. The van der Waals surface area contributed by atoms with Gasteiger partial charge in [0, 0.05) is 20.1 Å². The van der Waals surface area contributed by atoms with Crippen molar-refractivity contribution in [3.05, 3.63) is 0 Å². The lowest BCUT2D eigenvalue weighted by molar-refractivity contribution is -0.141. The highest BCUT2D eigenvalue weighted by Crippen LogP contribution is 2.21. The number of methoxy groups -OCH3 is 1. The number of ether oxygens (including phenoxy) is 1. The molecule has 10 heteroatoms. The highest BCUT2D eigenvalue weighted by Gasteiger charge is 2.41. The molecule has 4 amide bonds. The zero-order chi connectivity index (χ0) is 16.2. The van der Waals surface area contributed by atoms with Gasteiger partial charge in [-0.1, -0.05) is 0 Å². The number of carboxylic acids is 1. The van der Waals surface area contributed by atoms with Crippen molar-refractivity contribution in [2.75, 3.05) is 26.7 Å². The monoisotopic (exact) mass is 302 g/mol. The molecule has 10 nitrogen and oxygen atoms in total. The number of rotatable bonds is 6. The Morgan fingerprint density at radius 2 is 1.76 bits per heavy atom. The standard InChI is InChI=1S/C11H18N4O6/c1-21-6-2-7(10(18)19)15(3-6)11(20)14(4-8(12)16)5-9(13)17/h6-7H,2-5H2,1H3,(H2,12,16)(H2,13,17)(H,18,19). The zero-order valence-corrected chi connectivity index (χ0v) is 11.5. The third-order valence-corrected chi connectivity index (χ3v) is 3.09. The van der Waals surface area contributed by atoms with E-state index in [4.69, 9.17) is 21.3 Å². The van der Waals surface area contributed by atoms with Gasteiger partial charge in [0.05, 0.1) is 6.10 Å². The summed E-state index contributed by atoms with van der Waals surface area (Å²) in [4.78, 5) is 47.3. The number of hydrogen-bond acceptors (Lipinski definition) is 5. The van der Waals surface area contributed by atoms with E-state index in [0.29, 0.717) is 0 Å². The summed E-state index contributed by atoms with van der Waals surface area (Å²) >= 11 is 0. The molecule has 2 atom stereocenters.